The van der Waals surface area contributed by atoms with Gasteiger partial charge in [-0.1, -0.05) is 41.9 Å². The summed E-state index contributed by atoms with van der Waals surface area (Å²) in [5.41, 5.74) is 4.61. The highest BCUT2D eigenvalue weighted by Gasteiger charge is 2.24. The molecule has 0 aromatic heterocycles. The minimum Gasteiger partial charge on any atom is -0.493 e. The molecular weight excluding hydrogens is 472 g/mol. The summed E-state index contributed by atoms with van der Waals surface area (Å²) in [6, 6.07) is 17.5. The Labute approximate surface area is 208 Å². The first kappa shape index (κ1) is 25.8. The number of ether oxygens (including phenoxy) is 3. The molecule has 0 spiro atoms. The molecule has 3 rings (SSSR count). The summed E-state index contributed by atoms with van der Waals surface area (Å²) in [6.45, 7) is 0.0723. The first-order chi connectivity index (χ1) is 16.9. The fourth-order valence-electron chi connectivity index (χ4n) is 3.70. The lowest BCUT2D eigenvalue weighted by Crippen LogP contribution is -2.88. The number of amides is 2. The van der Waals surface area contributed by atoms with Crippen LogP contribution in [0.4, 0.5) is 5.69 Å². The van der Waals surface area contributed by atoms with Gasteiger partial charge in [0.2, 0.25) is 5.75 Å². The number of anilines is 1. The second-order valence-corrected chi connectivity index (χ2v) is 7.93. The van der Waals surface area contributed by atoms with Gasteiger partial charge in [-0.05, 0) is 30.3 Å². The van der Waals surface area contributed by atoms with Crippen LogP contribution in [0.25, 0.3) is 0 Å². The van der Waals surface area contributed by atoms with Gasteiger partial charge in [-0.3, -0.25) is 15.0 Å². The number of hydrogen-bond donors (Lipinski definition) is 4. The number of quaternary nitrogens is 1. The van der Waals surface area contributed by atoms with Gasteiger partial charge in [0.1, 0.15) is 6.04 Å². The van der Waals surface area contributed by atoms with Crippen LogP contribution in [0, 0.1) is 0 Å². The number of halogens is 1. The Balaban J connectivity index is 2.01. The molecule has 10 heteroatoms. The lowest BCUT2D eigenvalue weighted by atomic mass is 9.96. The van der Waals surface area contributed by atoms with Crippen molar-refractivity contribution >= 4 is 29.1 Å². The number of nitrogens with one attached hydrogen (secondary N) is 2. The molecule has 35 heavy (non-hydrogen) atoms. The summed E-state index contributed by atoms with van der Waals surface area (Å²) in [4.78, 5) is 25.1. The summed E-state index contributed by atoms with van der Waals surface area (Å²) in [7, 11) is 4.45. The quantitative estimate of drug-likeness (QED) is 0.192. The van der Waals surface area contributed by atoms with Crippen LogP contribution in [0.3, 0.4) is 0 Å². The number of carbonyl (C=O) groups excluding carboxylic acids is 2. The largest absolute Gasteiger partial charge is 0.493 e. The van der Waals surface area contributed by atoms with Gasteiger partial charge in [0.25, 0.3) is 11.8 Å². The van der Waals surface area contributed by atoms with E-state index in [2.05, 4.69) is 10.7 Å². The number of rotatable bonds is 10. The summed E-state index contributed by atoms with van der Waals surface area (Å²) < 4.78 is 16.1. The van der Waals surface area contributed by atoms with Gasteiger partial charge in [0, 0.05) is 21.7 Å². The van der Waals surface area contributed by atoms with Gasteiger partial charge >= 0.3 is 0 Å². The van der Waals surface area contributed by atoms with Gasteiger partial charge in [0.05, 0.1) is 27.0 Å². The standard InChI is InChI=1S/C25H27ClN4O5/c1-33-20-11-16(12-21(34-2)24(20)35-3)25(32)29-19-10-9-17(26)13-18(19)23(28-14-22(31)30-27)15-7-5-4-6-8-15/h4-13,23,28H,14,27H2,1-3H3,(H,29,32)(H,30,31)/p+1/t23-/m1/s1. The maximum absolute atomic E-state index is 13.3. The smallest absolute Gasteiger partial charge is 0.288 e. The van der Waals surface area contributed by atoms with Crippen LogP contribution in [0.2, 0.25) is 5.02 Å². The molecule has 3 aromatic rings. The van der Waals surface area contributed by atoms with Crippen LogP contribution >= 0.6 is 11.6 Å². The van der Waals surface area contributed by atoms with Gasteiger partial charge < -0.3 is 24.8 Å². The molecule has 0 bridgehead atoms. The van der Waals surface area contributed by atoms with E-state index >= 15 is 0 Å². The number of hydrogen-bond acceptors (Lipinski definition) is 6. The van der Waals surface area contributed by atoms with E-state index in [4.69, 9.17) is 31.7 Å². The van der Waals surface area contributed by atoms with Crippen LogP contribution in [0.5, 0.6) is 17.2 Å². The average Bonchev–Trinajstić information content (AvgIpc) is 2.89. The van der Waals surface area contributed by atoms with Crippen LogP contribution in [0.15, 0.2) is 60.7 Å². The van der Waals surface area contributed by atoms with E-state index in [0.717, 1.165) is 5.56 Å². The third-order valence-corrected chi connectivity index (χ3v) is 5.62. The zero-order chi connectivity index (χ0) is 25.4. The zero-order valence-corrected chi connectivity index (χ0v) is 20.4. The van der Waals surface area contributed by atoms with E-state index in [1.165, 1.54) is 21.3 Å². The van der Waals surface area contributed by atoms with Gasteiger partial charge in [-0.15, -0.1) is 0 Å². The average molecular weight is 500 g/mol. The van der Waals surface area contributed by atoms with Crippen LogP contribution in [-0.4, -0.2) is 39.7 Å². The molecule has 0 aliphatic rings. The molecule has 6 N–H and O–H groups in total. The van der Waals surface area contributed by atoms with Crippen LogP contribution in [0.1, 0.15) is 27.5 Å². The van der Waals surface area contributed by atoms with E-state index in [9.17, 15) is 9.59 Å². The summed E-state index contributed by atoms with van der Waals surface area (Å²) in [6.07, 6.45) is 0. The molecule has 0 radical (unpaired) electrons. The topological polar surface area (TPSA) is 129 Å². The monoisotopic (exact) mass is 499 g/mol. The first-order valence-electron chi connectivity index (χ1n) is 10.7. The van der Waals surface area contributed by atoms with E-state index in [1.807, 2.05) is 35.6 Å². The van der Waals surface area contributed by atoms with Crippen LogP contribution < -0.4 is 36.1 Å². The minimum absolute atomic E-state index is 0.0723. The van der Waals surface area contributed by atoms with Crippen molar-refractivity contribution in [3.05, 3.63) is 82.4 Å². The molecule has 0 heterocycles. The molecule has 3 aromatic carbocycles. The van der Waals surface area contributed by atoms with Crippen molar-refractivity contribution in [2.24, 2.45) is 5.84 Å². The predicted octanol–water partition coefficient (Wildman–Crippen LogP) is 2.26. The Bertz CT molecular complexity index is 1160. The molecule has 0 fully saturated rings. The molecular formula is C25H28ClN4O5+. The zero-order valence-electron chi connectivity index (χ0n) is 19.6. The predicted molar refractivity (Wildman–Crippen MR) is 133 cm³/mol. The molecule has 0 aliphatic carbocycles. The van der Waals surface area contributed by atoms with E-state index in [1.54, 1.807) is 30.3 Å². The molecule has 9 nitrogen and oxygen atoms in total. The SMILES string of the molecule is COc1cc(C(=O)Nc2ccc(Cl)cc2[C@H]([NH2+]CC(=O)NN)c2ccccc2)cc(OC)c1OC. The molecule has 184 valence electrons. The fourth-order valence-corrected chi connectivity index (χ4v) is 3.88. The second-order valence-electron chi connectivity index (χ2n) is 7.50. The van der Waals surface area contributed by atoms with E-state index in [0.29, 0.717) is 39.1 Å². The Hall–Kier alpha value is -3.79. The third kappa shape index (κ3) is 6.21. The van der Waals surface area contributed by atoms with Crippen molar-refractivity contribution < 1.29 is 29.1 Å². The third-order valence-electron chi connectivity index (χ3n) is 5.38. The summed E-state index contributed by atoms with van der Waals surface area (Å²) in [5, 5.41) is 5.26. The van der Waals surface area contributed by atoms with Crippen molar-refractivity contribution in [3.8, 4) is 17.2 Å². The normalized spacial score (nSPS) is 11.3. The maximum Gasteiger partial charge on any atom is 0.288 e. The maximum atomic E-state index is 13.3. The Morgan fingerprint density at radius 2 is 1.63 bits per heavy atom. The highest BCUT2D eigenvalue weighted by atomic mass is 35.5. The number of benzene rings is 3. The van der Waals surface area contributed by atoms with Crippen LogP contribution in [-0.2, 0) is 4.79 Å². The highest BCUT2D eigenvalue weighted by molar-refractivity contribution is 6.30. The number of nitrogens with two attached hydrogens (primary N) is 2. The number of hydrazine groups is 1. The van der Waals surface area contributed by atoms with Crippen molar-refractivity contribution in [1.29, 1.82) is 0 Å². The Kier molecular flexibility index (Phi) is 8.91. The lowest BCUT2D eigenvalue weighted by Gasteiger charge is -2.20. The Morgan fingerprint density at radius 1 is 0.971 bits per heavy atom. The fraction of sp³-hybridized carbons (Fsp3) is 0.200. The molecule has 2 amide bonds. The van der Waals surface area contributed by atoms with E-state index in [-0.39, 0.29) is 24.4 Å². The van der Waals surface area contributed by atoms with Gasteiger partial charge in [-0.2, -0.15) is 0 Å². The van der Waals surface area contributed by atoms with Crippen molar-refractivity contribution in [2.75, 3.05) is 33.2 Å². The van der Waals surface area contributed by atoms with Gasteiger partial charge in [0.15, 0.2) is 18.0 Å². The summed E-state index contributed by atoms with van der Waals surface area (Å²) >= 11 is 6.33. The second kappa shape index (κ2) is 12.1. The summed E-state index contributed by atoms with van der Waals surface area (Å²) in [5.74, 6) is 5.64. The molecule has 0 aliphatic heterocycles. The van der Waals surface area contributed by atoms with E-state index < -0.39 is 0 Å². The molecule has 0 unspecified atom stereocenters. The molecule has 0 saturated heterocycles. The molecule has 0 saturated carbocycles. The van der Waals surface area contributed by atoms with Gasteiger partial charge in [-0.25, -0.2) is 5.84 Å². The van der Waals surface area contributed by atoms with Crippen molar-refractivity contribution in [1.82, 2.24) is 5.43 Å². The minimum atomic E-state index is -0.390. The lowest BCUT2D eigenvalue weighted by molar-refractivity contribution is -0.676. The van der Waals surface area contributed by atoms with Crippen molar-refractivity contribution in [3.63, 3.8) is 0 Å². The molecule has 1 atom stereocenters. The number of methoxy groups -OCH3 is 3. The highest BCUT2D eigenvalue weighted by Crippen LogP contribution is 2.38. The Morgan fingerprint density at radius 3 is 2.20 bits per heavy atom. The first-order valence-corrected chi connectivity index (χ1v) is 11.1. The number of carbonyl (C=O) groups is 2. The van der Waals surface area contributed by atoms with Crippen molar-refractivity contribution in [2.45, 2.75) is 6.04 Å².